The first-order valence-electron chi connectivity index (χ1n) is 11.2. The quantitative estimate of drug-likeness (QED) is 0.467. The van der Waals surface area contributed by atoms with Crippen molar-refractivity contribution in [2.24, 2.45) is 0 Å². The molecule has 1 aromatic heterocycles. The molecule has 0 atom stereocenters. The average Bonchev–Trinajstić information content (AvgIpc) is 3.33. The fourth-order valence-corrected chi connectivity index (χ4v) is 5.53. The van der Waals surface area contributed by atoms with Crippen LogP contribution < -0.4 is 5.32 Å². The number of thiazole rings is 1. The maximum atomic E-state index is 13.1. The van der Waals surface area contributed by atoms with Crippen LogP contribution in [0.3, 0.4) is 0 Å². The molecule has 1 fully saturated rings. The highest BCUT2D eigenvalue weighted by Gasteiger charge is 2.23. The summed E-state index contributed by atoms with van der Waals surface area (Å²) >= 11 is 2.90. The number of halogens is 1. The molecule has 0 spiro atoms. The Morgan fingerprint density at radius 3 is 2.56 bits per heavy atom. The number of rotatable bonds is 8. The van der Waals surface area contributed by atoms with Gasteiger partial charge in [-0.25, -0.2) is 9.37 Å². The lowest BCUT2D eigenvalue weighted by molar-refractivity contribution is -0.130. The monoisotopic (exact) mass is 498 g/mol. The predicted octanol–water partition coefficient (Wildman–Crippen LogP) is 4.39. The van der Waals surface area contributed by atoms with Gasteiger partial charge in [0.1, 0.15) is 5.82 Å². The zero-order valence-electron chi connectivity index (χ0n) is 19.0. The van der Waals surface area contributed by atoms with E-state index in [2.05, 4.69) is 22.1 Å². The molecule has 0 aliphatic carbocycles. The second kappa shape index (κ2) is 11.6. The van der Waals surface area contributed by atoms with Gasteiger partial charge >= 0.3 is 0 Å². The summed E-state index contributed by atoms with van der Waals surface area (Å²) in [5.41, 5.74) is 3.63. The highest BCUT2D eigenvalue weighted by molar-refractivity contribution is 8.01. The number of thioether (sulfide) groups is 1. The number of nitrogens with zero attached hydrogens (tertiary/aromatic N) is 3. The number of amides is 2. The number of hydrogen-bond donors (Lipinski definition) is 1. The maximum Gasteiger partial charge on any atom is 0.238 e. The number of piperazine rings is 1. The Hall–Kier alpha value is -2.75. The first-order valence-corrected chi connectivity index (χ1v) is 13.1. The summed E-state index contributed by atoms with van der Waals surface area (Å²) in [6.45, 7) is 4.95. The fourth-order valence-electron chi connectivity index (χ4n) is 3.79. The Bertz CT molecular complexity index is 1130. The molecule has 4 rings (SSSR count). The van der Waals surface area contributed by atoms with Gasteiger partial charge in [0, 0.05) is 42.8 Å². The van der Waals surface area contributed by atoms with Gasteiger partial charge in [0.15, 0.2) is 4.34 Å². The van der Waals surface area contributed by atoms with Gasteiger partial charge in [0.25, 0.3) is 0 Å². The SMILES string of the molecule is CCc1ccccc1NC(=O)CN1CCN(C(=O)CSc2nc(-c3ccc(F)cc3)cs2)CC1. The summed E-state index contributed by atoms with van der Waals surface area (Å²) in [5, 5.41) is 4.93. The standard InChI is InChI=1S/C25H27FN4O2S2/c1-2-18-5-3-4-6-21(18)27-23(31)15-29-11-13-30(14-12-29)24(32)17-34-25-28-22(16-33-25)19-7-9-20(26)10-8-19/h3-10,16H,2,11-15,17H2,1H3,(H,27,31). The second-order valence-corrected chi connectivity index (χ2v) is 10.1. The number of benzene rings is 2. The molecule has 6 nitrogen and oxygen atoms in total. The van der Waals surface area contributed by atoms with E-state index in [-0.39, 0.29) is 17.6 Å². The molecule has 0 radical (unpaired) electrons. The van der Waals surface area contributed by atoms with Gasteiger partial charge in [-0.15, -0.1) is 11.3 Å². The van der Waals surface area contributed by atoms with E-state index in [4.69, 9.17) is 0 Å². The highest BCUT2D eigenvalue weighted by Crippen LogP contribution is 2.28. The molecule has 0 unspecified atom stereocenters. The summed E-state index contributed by atoms with van der Waals surface area (Å²) < 4.78 is 13.9. The number of aryl methyl sites for hydroxylation is 1. The lowest BCUT2D eigenvalue weighted by Crippen LogP contribution is -2.50. The van der Waals surface area contributed by atoms with Gasteiger partial charge in [0.05, 0.1) is 18.0 Å². The number of carbonyl (C=O) groups is 2. The normalized spacial score (nSPS) is 14.2. The van der Waals surface area contributed by atoms with Crippen LogP contribution in [-0.4, -0.2) is 65.1 Å². The molecule has 178 valence electrons. The van der Waals surface area contributed by atoms with Crippen LogP contribution in [0.25, 0.3) is 11.3 Å². The second-order valence-electron chi connectivity index (χ2n) is 8.01. The molecule has 1 saturated heterocycles. The van der Waals surface area contributed by atoms with Crippen molar-refractivity contribution in [1.82, 2.24) is 14.8 Å². The molecule has 34 heavy (non-hydrogen) atoms. The number of anilines is 1. The number of aromatic nitrogens is 1. The van der Waals surface area contributed by atoms with E-state index in [9.17, 15) is 14.0 Å². The summed E-state index contributed by atoms with van der Waals surface area (Å²) in [5.74, 6) is 0.0909. The largest absolute Gasteiger partial charge is 0.339 e. The minimum absolute atomic E-state index is 0.0306. The molecule has 0 bridgehead atoms. The molecule has 1 N–H and O–H groups in total. The van der Waals surface area contributed by atoms with Gasteiger partial charge in [-0.1, -0.05) is 36.9 Å². The number of hydrogen-bond acceptors (Lipinski definition) is 6. The van der Waals surface area contributed by atoms with Crippen LogP contribution in [0.2, 0.25) is 0 Å². The average molecular weight is 499 g/mol. The van der Waals surface area contributed by atoms with Crippen LogP contribution in [0, 0.1) is 5.82 Å². The van der Waals surface area contributed by atoms with Crippen molar-refractivity contribution in [1.29, 1.82) is 0 Å². The Balaban J connectivity index is 1.20. The van der Waals surface area contributed by atoms with E-state index in [1.54, 1.807) is 12.1 Å². The predicted molar refractivity (Wildman–Crippen MR) is 136 cm³/mol. The zero-order valence-corrected chi connectivity index (χ0v) is 20.6. The zero-order chi connectivity index (χ0) is 23.9. The third-order valence-corrected chi connectivity index (χ3v) is 7.71. The van der Waals surface area contributed by atoms with Gasteiger partial charge in [0.2, 0.25) is 11.8 Å². The molecule has 1 aliphatic rings. The van der Waals surface area contributed by atoms with E-state index < -0.39 is 0 Å². The van der Waals surface area contributed by atoms with Crippen LogP contribution in [-0.2, 0) is 16.0 Å². The molecule has 2 aromatic carbocycles. The molecule has 3 aromatic rings. The molecule has 9 heteroatoms. The lowest BCUT2D eigenvalue weighted by atomic mass is 10.1. The number of carbonyl (C=O) groups excluding carboxylic acids is 2. The smallest absolute Gasteiger partial charge is 0.238 e. The van der Waals surface area contributed by atoms with Gasteiger partial charge in [-0.05, 0) is 42.3 Å². The number of nitrogens with one attached hydrogen (secondary N) is 1. The van der Waals surface area contributed by atoms with Crippen LogP contribution in [0.15, 0.2) is 58.3 Å². The van der Waals surface area contributed by atoms with Crippen LogP contribution in [0.4, 0.5) is 10.1 Å². The molecular weight excluding hydrogens is 471 g/mol. The van der Waals surface area contributed by atoms with Crippen LogP contribution in [0.5, 0.6) is 0 Å². The van der Waals surface area contributed by atoms with E-state index in [1.165, 1.54) is 35.2 Å². The van der Waals surface area contributed by atoms with Crippen molar-refractivity contribution in [2.45, 2.75) is 17.7 Å². The maximum absolute atomic E-state index is 13.1. The minimum atomic E-state index is -0.276. The van der Waals surface area contributed by atoms with Gasteiger partial charge < -0.3 is 10.2 Å². The molecular formula is C25H27FN4O2S2. The van der Waals surface area contributed by atoms with E-state index in [1.807, 2.05) is 34.5 Å². The van der Waals surface area contributed by atoms with Crippen molar-refractivity contribution in [2.75, 3.05) is 43.8 Å². The third-order valence-electron chi connectivity index (χ3n) is 5.71. The Morgan fingerprint density at radius 2 is 1.82 bits per heavy atom. The summed E-state index contributed by atoms with van der Waals surface area (Å²) in [6.07, 6.45) is 0.865. The summed E-state index contributed by atoms with van der Waals surface area (Å²) in [6, 6.07) is 14.1. The third kappa shape index (κ3) is 6.43. The fraction of sp³-hybridized carbons (Fsp3) is 0.320. The first-order chi connectivity index (χ1) is 16.5. The van der Waals surface area contributed by atoms with Crippen molar-refractivity contribution in [3.63, 3.8) is 0 Å². The Labute approximate surface area is 207 Å². The molecule has 2 amide bonds. The first kappa shape index (κ1) is 24.4. The topological polar surface area (TPSA) is 65.5 Å². The van der Waals surface area contributed by atoms with Crippen molar-refractivity contribution < 1.29 is 14.0 Å². The minimum Gasteiger partial charge on any atom is -0.339 e. The van der Waals surface area contributed by atoms with Crippen molar-refractivity contribution in [3.8, 4) is 11.3 Å². The van der Waals surface area contributed by atoms with Crippen LogP contribution in [0.1, 0.15) is 12.5 Å². The van der Waals surface area contributed by atoms with Crippen molar-refractivity contribution >= 4 is 40.6 Å². The van der Waals surface area contributed by atoms with Crippen LogP contribution >= 0.6 is 23.1 Å². The molecule has 2 heterocycles. The Morgan fingerprint density at radius 1 is 1.09 bits per heavy atom. The van der Waals surface area contributed by atoms with E-state index in [0.29, 0.717) is 38.5 Å². The Kier molecular flexibility index (Phi) is 8.31. The molecule has 1 aliphatic heterocycles. The summed E-state index contributed by atoms with van der Waals surface area (Å²) in [7, 11) is 0. The van der Waals surface area contributed by atoms with Crippen molar-refractivity contribution in [3.05, 3.63) is 65.3 Å². The van der Waals surface area contributed by atoms with E-state index in [0.717, 1.165) is 33.3 Å². The molecule has 0 saturated carbocycles. The van der Waals surface area contributed by atoms with Gasteiger partial charge in [-0.2, -0.15) is 0 Å². The number of para-hydroxylation sites is 1. The lowest BCUT2D eigenvalue weighted by Gasteiger charge is -2.34. The summed E-state index contributed by atoms with van der Waals surface area (Å²) in [4.78, 5) is 33.6. The highest BCUT2D eigenvalue weighted by atomic mass is 32.2. The van der Waals surface area contributed by atoms with E-state index >= 15 is 0 Å². The van der Waals surface area contributed by atoms with Gasteiger partial charge in [-0.3, -0.25) is 14.5 Å².